The maximum absolute atomic E-state index is 12.2. The largest absolute Gasteiger partial charge is 0.461 e. The third kappa shape index (κ3) is 2.35. The molecule has 112 valence electrons. The Morgan fingerprint density at radius 1 is 1.36 bits per heavy atom. The third-order valence-electron chi connectivity index (χ3n) is 3.02. The zero-order chi connectivity index (χ0) is 15.7. The van der Waals surface area contributed by atoms with E-state index in [4.69, 9.17) is 16.3 Å². The van der Waals surface area contributed by atoms with Crippen LogP contribution < -0.4 is 5.43 Å². The number of nitrogens with one attached hydrogen (secondary N) is 1. The van der Waals surface area contributed by atoms with Crippen molar-refractivity contribution in [3.05, 3.63) is 51.4 Å². The van der Waals surface area contributed by atoms with Crippen LogP contribution in [0.1, 0.15) is 17.4 Å². The number of aromatic amines is 1. The predicted molar refractivity (Wildman–Crippen MR) is 80.5 cm³/mol. The summed E-state index contributed by atoms with van der Waals surface area (Å²) in [6.45, 7) is 1.90. The maximum atomic E-state index is 12.2. The van der Waals surface area contributed by atoms with Crippen LogP contribution in [0.2, 0.25) is 5.02 Å². The number of benzene rings is 1. The summed E-state index contributed by atoms with van der Waals surface area (Å²) in [5.74, 6) is -0.594. The molecule has 3 aromatic rings. The Morgan fingerprint density at radius 2 is 2.09 bits per heavy atom. The van der Waals surface area contributed by atoms with Crippen LogP contribution in [-0.4, -0.2) is 32.6 Å². The first-order chi connectivity index (χ1) is 10.6. The Hall–Kier alpha value is -2.67. The molecule has 1 aromatic carbocycles. The number of esters is 1. The van der Waals surface area contributed by atoms with E-state index in [-0.39, 0.29) is 28.8 Å². The van der Waals surface area contributed by atoms with Gasteiger partial charge >= 0.3 is 5.97 Å². The normalized spacial score (nSPS) is 10.8. The van der Waals surface area contributed by atoms with Crippen molar-refractivity contribution >= 4 is 28.6 Å². The predicted octanol–water partition coefficient (Wildman–Crippen LogP) is 1.94. The molecule has 0 saturated heterocycles. The van der Waals surface area contributed by atoms with Crippen molar-refractivity contribution < 1.29 is 9.53 Å². The van der Waals surface area contributed by atoms with E-state index in [0.29, 0.717) is 10.7 Å². The molecule has 1 N–H and O–H groups in total. The molecule has 0 unspecified atom stereocenters. The lowest BCUT2D eigenvalue weighted by atomic mass is 10.3. The number of carbonyl (C=O) groups is 1. The summed E-state index contributed by atoms with van der Waals surface area (Å²) >= 11 is 5.87. The summed E-state index contributed by atoms with van der Waals surface area (Å²) in [4.78, 5) is 24.1. The van der Waals surface area contributed by atoms with Gasteiger partial charge in [-0.15, -0.1) is 0 Å². The van der Waals surface area contributed by atoms with E-state index in [1.54, 1.807) is 31.2 Å². The fourth-order valence-electron chi connectivity index (χ4n) is 2.07. The van der Waals surface area contributed by atoms with Crippen molar-refractivity contribution in [2.75, 3.05) is 6.61 Å². The quantitative estimate of drug-likeness (QED) is 0.745. The molecular weight excluding hydrogens is 308 g/mol. The van der Waals surface area contributed by atoms with Crippen molar-refractivity contribution in [2.24, 2.45) is 0 Å². The highest BCUT2D eigenvalue weighted by Gasteiger charge is 2.23. The van der Waals surface area contributed by atoms with Crippen molar-refractivity contribution in [2.45, 2.75) is 6.92 Å². The number of hydrogen-bond acceptors (Lipinski definition) is 5. The Labute approximate surface area is 129 Å². The molecule has 0 atom stereocenters. The molecule has 0 radical (unpaired) electrons. The molecule has 2 heterocycles. The van der Waals surface area contributed by atoms with E-state index >= 15 is 0 Å². The monoisotopic (exact) mass is 318 g/mol. The number of carbonyl (C=O) groups excluding carboxylic acids is 1. The molecule has 0 aliphatic carbocycles. The Morgan fingerprint density at radius 3 is 2.77 bits per heavy atom. The van der Waals surface area contributed by atoms with Crippen LogP contribution in [0, 0.1) is 0 Å². The second-order valence-corrected chi connectivity index (χ2v) is 4.85. The first kappa shape index (κ1) is 14.3. The molecule has 0 saturated carbocycles. The molecule has 0 spiro atoms. The van der Waals surface area contributed by atoms with Gasteiger partial charge in [-0.25, -0.2) is 9.48 Å². The van der Waals surface area contributed by atoms with Crippen LogP contribution in [0.5, 0.6) is 0 Å². The number of ether oxygens (including phenoxy) is 1. The lowest BCUT2D eigenvalue weighted by molar-refractivity contribution is 0.0517. The van der Waals surface area contributed by atoms with Gasteiger partial charge in [0, 0.05) is 5.02 Å². The van der Waals surface area contributed by atoms with Crippen LogP contribution in [0.15, 0.2) is 35.3 Å². The van der Waals surface area contributed by atoms with E-state index in [2.05, 4.69) is 15.3 Å². The maximum Gasteiger partial charge on any atom is 0.359 e. The summed E-state index contributed by atoms with van der Waals surface area (Å²) < 4.78 is 6.39. The van der Waals surface area contributed by atoms with Crippen molar-refractivity contribution in [1.82, 2.24) is 20.0 Å². The molecule has 0 bridgehead atoms. The molecule has 0 aliphatic rings. The van der Waals surface area contributed by atoms with E-state index in [1.165, 1.54) is 4.68 Å². The minimum Gasteiger partial charge on any atom is -0.461 e. The Kier molecular flexibility index (Phi) is 3.64. The van der Waals surface area contributed by atoms with Gasteiger partial charge in [0.05, 0.1) is 18.5 Å². The third-order valence-corrected chi connectivity index (χ3v) is 3.27. The summed E-state index contributed by atoms with van der Waals surface area (Å²) in [6, 6.07) is 6.71. The van der Waals surface area contributed by atoms with E-state index in [9.17, 15) is 9.59 Å². The Balaban J connectivity index is 2.30. The van der Waals surface area contributed by atoms with Crippen LogP contribution >= 0.6 is 11.6 Å². The molecular formula is C14H11ClN4O3. The van der Waals surface area contributed by atoms with Gasteiger partial charge in [0.25, 0.3) is 0 Å². The topological polar surface area (TPSA) is 89.9 Å². The average Bonchev–Trinajstić information content (AvgIpc) is 2.89. The lowest BCUT2D eigenvalue weighted by Crippen LogP contribution is -2.12. The van der Waals surface area contributed by atoms with E-state index in [0.717, 1.165) is 6.20 Å². The summed E-state index contributed by atoms with van der Waals surface area (Å²) in [5, 5.41) is 11.1. The number of rotatable bonds is 3. The fourth-order valence-corrected chi connectivity index (χ4v) is 2.20. The zero-order valence-corrected chi connectivity index (χ0v) is 12.3. The second-order valence-electron chi connectivity index (χ2n) is 4.42. The minimum atomic E-state index is -0.594. The second kappa shape index (κ2) is 5.61. The van der Waals surface area contributed by atoms with Crippen molar-refractivity contribution in [1.29, 1.82) is 0 Å². The van der Waals surface area contributed by atoms with Crippen LogP contribution in [0.25, 0.3) is 16.7 Å². The molecule has 0 amide bonds. The van der Waals surface area contributed by atoms with Crippen molar-refractivity contribution in [3.8, 4) is 5.69 Å². The van der Waals surface area contributed by atoms with Crippen LogP contribution in [-0.2, 0) is 4.74 Å². The van der Waals surface area contributed by atoms with Gasteiger partial charge < -0.3 is 4.74 Å². The molecule has 0 aliphatic heterocycles. The van der Waals surface area contributed by atoms with Crippen LogP contribution in [0.4, 0.5) is 0 Å². The number of aromatic nitrogens is 4. The highest BCUT2D eigenvalue weighted by molar-refractivity contribution is 6.30. The number of H-pyrrole nitrogens is 1. The molecule has 2 aromatic heterocycles. The van der Waals surface area contributed by atoms with Gasteiger partial charge in [-0.3, -0.25) is 9.89 Å². The summed E-state index contributed by atoms with van der Waals surface area (Å²) in [7, 11) is 0. The number of fused-ring (bicyclic) bond motifs is 1. The molecule has 3 rings (SSSR count). The smallest absolute Gasteiger partial charge is 0.359 e. The number of halogens is 1. The first-order valence-corrected chi connectivity index (χ1v) is 6.89. The first-order valence-electron chi connectivity index (χ1n) is 6.51. The van der Waals surface area contributed by atoms with Gasteiger partial charge in [-0.2, -0.15) is 10.2 Å². The van der Waals surface area contributed by atoms with Gasteiger partial charge in [-0.05, 0) is 31.2 Å². The van der Waals surface area contributed by atoms with E-state index < -0.39 is 5.97 Å². The highest BCUT2D eigenvalue weighted by Crippen LogP contribution is 2.20. The van der Waals surface area contributed by atoms with E-state index in [1.807, 2.05) is 0 Å². The van der Waals surface area contributed by atoms with Gasteiger partial charge in [0.15, 0.2) is 11.2 Å². The number of nitrogens with zero attached hydrogens (tertiary/aromatic N) is 3. The standard InChI is InChI=1S/C14H11ClN4O3/c1-2-22-14(21)13-12-11(10(20)7-16-17-12)18-19(13)9-5-3-8(15)4-6-9/h3-7,17H,2H2,1H3. The lowest BCUT2D eigenvalue weighted by Gasteiger charge is -2.06. The number of hydrogen-bond donors (Lipinski definition) is 1. The Bertz CT molecular complexity index is 899. The van der Waals surface area contributed by atoms with Crippen molar-refractivity contribution in [3.63, 3.8) is 0 Å². The fraction of sp³-hybridized carbons (Fsp3) is 0.143. The average molecular weight is 319 g/mol. The van der Waals surface area contributed by atoms with Gasteiger partial charge in [0.2, 0.25) is 5.43 Å². The molecule has 0 fully saturated rings. The zero-order valence-electron chi connectivity index (χ0n) is 11.5. The SMILES string of the molecule is CCOC(=O)c1c2[nH]ncc(=O)c2nn1-c1ccc(Cl)cc1. The highest BCUT2D eigenvalue weighted by atomic mass is 35.5. The molecule has 7 nitrogen and oxygen atoms in total. The minimum absolute atomic E-state index is 0.115. The van der Waals surface area contributed by atoms with Gasteiger partial charge in [0.1, 0.15) is 5.52 Å². The molecule has 8 heteroatoms. The molecule has 22 heavy (non-hydrogen) atoms. The summed E-state index contributed by atoms with van der Waals surface area (Å²) in [5.41, 5.74) is 0.668. The summed E-state index contributed by atoms with van der Waals surface area (Å²) in [6.07, 6.45) is 1.11. The van der Waals surface area contributed by atoms with Gasteiger partial charge in [-0.1, -0.05) is 11.6 Å². The van der Waals surface area contributed by atoms with Crippen LogP contribution in [0.3, 0.4) is 0 Å².